The summed E-state index contributed by atoms with van der Waals surface area (Å²) in [4.78, 5) is 16.1. The van der Waals surface area contributed by atoms with Crippen LogP contribution in [0.5, 0.6) is 0 Å². The number of likely N-dealkylation sites (tertiary alicyclic amines) is 1. The Labute approximate surface area is 141 Å². The number of amides is 1. The zero-order chi connectivity index (χ0) is 16.2. The van der Waals surface area contributed by atoms with E-state index in [0.29, 0.717) is 12.6 Å². The molecule has 5 nitrogen and oxygen atoms in total. The zero-order valence-corrected chi connectivity index (χ0v) is 14.6. The van der Waals surface area contributed by atoms with Crippen LogP contribution in [0.25, 0.3) is 0 Å². The lowest BCUT2D eigenvalue weighted by Gasteiger charge is -2.27. The number of carbonyl (C=O) groups is 1. The second-order valence-electron chi connectivity index (χ2n) is 6.16. The third-order valence-corrected chi connectivity index (χ3v) is 5.32. The molecule has 1 amide bonds. The van der Waals surface area contributed by atoms with Crippen molar-refractivity contribution in [2.75, 3.05) is 19.6 Å². The van der Waals surface area contributed by atoms with Gasteiger partial charge in [0.15, 0.2) is 0 Å². The van der Waals surface area contributed by atoms with Crippen LogP contribution in [0.1, 0.15) is 35.1 Å². The average Bonchev–Trinajstić information content (AvgIpc) is 3.24. The third-order valence-electron chi connectivity index (χ3n) is 4.34. The molecule has 0 spiro atoms. The fraction of sp³-hybridized carbons (Fsp3) is 0.529. The van der Waals surface area contributed by atoms with Gasteiger partial charge in [0.2, 0.25) is 5.91 Å². The van der Waals surface area contributed by atoms with E-state index in [4.69, 9.17) is 0 Å². The molecule has 0 aromatic carbocycles. The molecular formula is C17H24N4OS. The highest BCUT2D eigenvalue weighted by Crippen LogP contribution is 2.27. The summed E-state index contributed by atoms with van der Waals surface area (Å²) in [5.74, 6) is 0.0250. The highest BCUT2D eigenvalue weighted by molar-refractivity contribution is 7.10. The molecule has 0 unspecified atom stereocenters. The minimum Gasteiger partial charge on any atom is -0.353 e. The lowest BCUT2D eigenvalue weighted by Crippen LogP contribution is -2.38. The molecule has 1 atom stereocenters. The summed E-state index contributed by atoms with van der Waals surface area (Å²) in [6.45, 7) is 7.12. The smallest absolute Gasteiger partial charge is 0.241 e. The minimum atomic E-state index is 0.0250. The molecular weight excluding hydrogens is 308 g/mol. The Morgan fingerprint density at radius 3 is 2.78 bits per heavy atom. The van der Waals surface area contributed by atoms with Gasteiger partial charge < -0.3 is 5.32 Å². The van der Waals surface area contributed by atoms with Crippen LogP contribution in [0.4, 0.5) is 0 Å². The Kier molecular flexibility index (Phi) is 5.13. The van der Waals surface area contributed by atoms with Gasteiger partial charge in [-0.1, -0.05) is 6.07 Å². The summed E-state index contributed by atoms with van der Waals surface area (Å²) in [6.07, 6.45) is 2.50. The van der Waals surface area contributed by atoms with Gasteiger partial charge in [0.25, 0.3) is 0 Å². The number of aromatic nitrogens is 2. The van der Waals surface area contributed by atoms with E-state index in [-0.39, 0.29) is 12.5 Å². The summed E-state index contributed by atoms with van der Waals surface area (Å²) in [5.41, 5.74) is 1.97. The van der Waals surface area contributed by atoms with Gasteiger partial charge in [0.1, 0.15) is 6.54 Å². The normalized spacial score (nSPS) is 16.6. The lowest BCUT2D eigenvalue weighted by molar-refractivity contribution is -0.122. The van der Waals surface area contributed by atoms with Crippen LogP contribution in [-0.2, 0) is 11.3 Å². The molecule has 3 heterocycles. The molecule has 3 rings (SSSR count). The number of hydrogen-bond donors (Lipinski definition) is 1. The number of hydrogen-bond acceptors (Lipinski definition) is 4. The molecule has 1 saturated heterocycles. The minimum absolute atomic E-state index is 0.0250. The van der Waals surface area contributed by atoms with E-state index in [1.807, 2.05) is 19.9 Å². The van der Waals surface area contributed by atoms with Gasteiger partial charge in [-0.15, -0.1) is 11.3 Å². The fourth-order valence-electron chi connectivity index (χ4n) is 3.18. The molecule has 0 saturated carbocycles. The summed E-state index contributed by atoms with van der Waals surface area (Å²) in [5, 5.41) is 9.56. The standard InChI is InChI=1S/C17H24N4OS/c1-13-10-14(2)21(19-13)12-17(22)18-11-15(16-6-5-9-23-16)20-7-3-4-8-20/h5-6,9-10,15H,3-4,7-8,11-12H2,1-2H3,(H,18,22)/t15-/m0/s1. The molecule has 0 bridgehead atoms. The first kappa shape index (κ1) is 16.2. The first-order valence-corrected chi connectivity index (χ1v) is 9.06. The van der Waals surface area contributed by atoms with Crippen molar-refractivity contribution in [3.8, 4) is 0 Å². The number of aryl methyl sites for hydroxylation is 2. The van der Waals surface area contributed by atoms with Crippen molar-refractivity contribution >= 4 is 17.2 Å². The largest absolute Gasteiger partial charge is 0.353 e. The number of nitrogens with one attached hydrogen (secondary N) is 1. The monoisotopic (exact) mass is 332 g/mol. The molecule has 1 aliphatic rings. The molecule has 0 radical (unpaired) electrons. The summed E-state index contributed by atoms with van der Waals surface area (Å²) in [7, 11) is 0. The highest BCUT2D eigenvalue weighted by Gasteiger charge is 2.24. The van der Waals surface area contributed by atoms with E-state index in [1.54, 1.807) is 16.0 Å². The lowest BCUT2D eigenvalue weighted by atomic mass is 10.2. The Balaban J connectivity index is 1.60. The van der Waals surface area contributed by atoms with Crippen LogP contribution in [0.15, 0.2) is 23.6 Å². The maximum absolute atomic E-state index is 12.3. The summed E-state index contributed by atoms with van der Waals surface area (Å²) < 4.78 is 1.76. The van der Waals surface area contributed by atoms with E-state index in [9.17, 15) is 4.79 Å². The van der Waals surface area contributed by atoms with E-state index in [0.717, 1.165) is 24.5 Å². The van der Waals surface area contributed by atoms with Crippen molar-refractivity contribution in [2.24, 2.45) is 0 Å². The SMILES string of the molecule is Cc1cc(C)n(CC(=O)NC[C@@H](c2cccs2)N2CCCC2)n1. The predicted octanol–water partition coefficient (Wildman–Crippen LogP) is 2.51. The number of rotatable bonds is 6. The van der Waals surface area contributed by atoms with Gasteiger partial charge >= 0.3 is 0 Å². The molecule has 1 fully saturated rings. The van der Waals surface area contributed by atoms with E-state index in [2.05, 4.69) is 32.8 Å². The van der Waals surface area contributed by atoms with Crippen LogP contribution in [-0.4, -0.2) is 40.2 Å². The molecule has 124 valence electrons. The van der Waals surface area contributed by atoms with Gasteiger partial charge in [-0.3, -0.25) is 14.4 Å². The average molecular weight is 332 g/mol. The van der Waals surface area contributed by atoms with Gasteiger partial charge in [0, 0.05) is 17.1 Å². The predicted molar refractivity (Wildman–Crippen MR) is 92.6 cm³/mol. The van der Waals surface area contributed by atoms with Crippen LogP contribution < -0.4 is 5.32 Å². The van der Waals surface area contributed by atoms with E-state index >= 15 is 0 Å². The Morgan fingerprint density at radius 1 is 1.39 bits per heavy atom. The second-order valence-corrected chi connectivity index (χ2v) is 7.14. The molecule has 6 heteroatoms. The molecule has 1 aliphatic heterocycles. The van der Waals surface area contributed by atoms with Gasteiger partial charge in [-0.05, 0) is 57.3 Å². The second kappa shape index (κ2) is 7.27. The van der Waals surface area contributed by atoms with Crippen molar-refractivity contribution in [3.05, 3.63) is 39.8 Å². The Bertz CT molecular complexity index is 644. The molecule has 1 N–H and O–H groups in total. The van der Waals surface area contributed by atoms with Crippen molar-refractivity contribution < 1.29 is 4.79 Å². The van der Waals surface area contributed by atoms with Crippen molar-refractivity contribution in [3.63, 3.8) is 0 Å². The van der Waals surface area contributed by atoms with Crippen molar-refractivity contribution in [1.29, 1.82) is 0 Å². The maximum Gasteiger partial charge on any atom is 0.241 e. The highest BCUT2D eigenvalue weighted by atomic mass is 32.1. The third kappa shape index (κ3) is 4.00. The van der Waals surface area contributed by atoms with Crippen molar-refractivity contribution in [2.45, 2.75) is 39.3 Å². The molecule has 0 aliphatic carbocycles. The quantitative estimate of drug-likeness (QED) is 0.884. The zero-order valence-electron chi connectivity index (χ0n) is 13.8. The Morgan fingerprint density at radius 2 is 2.17 bits per heavy atom. The van der Waals surface area contributed by atoms with Gasteiger partial charge in [0.05, 0.1) is 11.7 Å². The first-order valence-electron chi connectivity index (χ1n) is 8.18. The maximum atomic E-state index is 12.3. The van der Waals surface area contributed by atoms with E-state index in [1.165, 1.54) is 17.7 Å². The first-order chi connectivity index (χ1) is 11.1. The molecule has 2 aromatic heterocycles. The molecule has 2 aromatic rings. The number of nitrogens with zero attached hydrogens (tertiary/aromatic N) is 3. The fourth-order valence-corrected chi connectivity index (χ4v) is 4.04. The Hall–Kier alpha value is -1.66. The number of carbonyl (C=O) groups excluding carboxylic acids is 1. The number of thiophene rings is 1. The summed E-state index contributed by atoms with van der Waals surface area (Å²) >= 11 is 1.77. The summed E-state index contributed by atoms with van der Waals surface area (Å²) in [6, 6.07) is 6.54. The van der Waals surface area contributed by atoms with E-state index < -0.39 is 0 Å². The van der Waals surface area contributed by atoms with Gasteiger partial charge in [-0.25, -0.2) is 0 Å². The van der Waals surface area contributed by atoms with Gasteiger partial charge in [-0.2, -0.15) is 5.10 Å². The topological polar surface area (TPSA) is 50.2 Å². The van der Waals surface area contributed by atoms with Crippen LogP contribution in [0, 0.1) is 13.8 Å². The van der Waals surface area contributed by atoms with Crippen LogP contribution in [0.2, 0.25) is 0 Å². The van der Waals surface area contributed by atoms with Crippen LogP contribution in [0.3, 0.4) is 0 Å². The van der Waals surface area contributed by atoms with Crippen LogP contribution >= 0.6 is 11.3 Å². The van der Waals surface area contributed by atoms with Crippen molar-refractivity contribution in [1.82, 2.24) is 20.0 Å². The molecule has 23 heavy (non-hydrogen) atoms.